The Kier molecular flexibility index (Phi) is 8.87. The first-order chi connectivity index (χ1) is 12.0. The van der Waals surface area contributed by atoms with E-state index in [4.69, 9.17) is 4.74 Å². The van der Waals surface area contributed by atoms with Crippen LogP contribution in [0.15, 0.2) is 0 Å². The largest absolute Gasteiger partial charge is 0.481 e. The minimum Gasteiger partial charge on any atom is -0.481 e. The molecule has 0 unspecified atom stereocenters. The molecular weight excluding hydrogens is 334 g/mol. The highest BCUT2D eigenvalue weighted by molar-refractivity contribution is 5.70. The van der Waals surface area contributed by atoms with Gasteiger partial charge in [-0.3, -0.25) is 4.79 Å². The summed E-state index contributed by atoms with van der Waals surface area (Å²) in [6, 6.07) is -0.492. The number of hydrogen-bond donors (Lipinski definition) is 3. The number of carbonyl (C=O) groups is 2. The van der Waals surface area contributed by atoms with Crippen LogP contribution in [0.1, 0.15) is 79.6 Å². The van der Waals surface area contributed by atoms with Crippen molar-refractivity contribution in [3.8, 4) is 0 Å². The van der Waals surface area contributed by atoms with E-state index in [0.29, 0.717) is 12.3 Å². The van der Waals surface area contributed by atoms with Gasteiger partial charge in [0, 0.05) is 0 Å². The van der Waals surface area contributed by atoms with E-state index in [0.717, 1.165) is 12.8 Å². The van der Waals surface area contributed by atoms with Crippen molar-refractivity contribution in [2.75, 3.05) is 0 Å². The summed E-state index contributed by atoms with van der Waals surface area (Å²) in [7, 11) is 0. The molecule has 0 aromatic rings. The third-order valence-electron chi connectivity index (χ3n) is 5.10. The van der Waals surface area contributed by atoms with Crippen LogP contribution >= 0.6 is 0 Å². The molecule has 152 valence electrons. The quantitative estimate of drug-likeness (QED) is 0.600. The lowest BCUT2D eigenvalue weighted by molar-refractivity contribution is -0.144. The Balaban J connectivity index is 2.80. The number of amides is 1. The summed E-state index contributed by atoms with van der Waals surface area (Å²) in [6.07, 6.45) is 5.06. The number of aliphatic carboxylic acids is 1. The zero-order chi connectivity index (χ0) is 19.9. The zero-order valence-corrected chi connectivity index (χ0v) is 17.0. The van der Waals surface area contributed by atoms with Crippen LogP contribution in [-0.4, -0.2) is 40.0 Å². The first-order valence-corrected chi connectivity index (χ1v) is 9.90. The molecule has 0 spiro atoms. The van der Waals surface area contributed by atoms with Crippen LogP contribution in [0.2, 0.25) is 0 Å². The molecule has 0 aliphatic heterocycles. The SMILES string of the molecule is CC(C)[C@H](C[C@H](O)[C@H](CC1CCCCC1)NC(=O)OC(C)(C)C)C(=O)O. The number of hydrogen-bond acceptors (Lipinski definition) is 4. The normalized spacial score (nSPS) is 19.7. The van der Waals surface area contributed by atoms with Crippen LogP contribution in [0, 0.1) is 17.8 Å². The molecule has 0 heterocycles. The summed E-state index contributed by atoms with van der Waals surface area (Å²) >= 11 is 0. The second-order valence-corrected chi connectivity index (χ2v) is 8.98. The third kappa shape index (κ3) is 8.39. The van der Waals surface area contributed by atoms with Crippen molar-refractivity contribution < 1.29 is 24.5 Å². The minimum absolute atomic E-state index is 0.0843. The molecule has 0 radical (unpaired) electrons. The van der Waals surface area contributed by atoms with Crippen molar-refractivity contribution in [2.24, 2.45) is 17.8 Å². The maximum Gasteiger partial charge on any atom is 0.407 e. The van der Waals surface area contributed by atoms with Gasteiger partial charge in [-0.25, -0.2) is 4.79 Å². The van der Waals surface area contributed by atoms with E-state index in [1.807, 2.05) is 13.8 Å². The Morgan fingerprint density at radius 3 is 2.19 bits per heavy atom. The fourth-order valence-corrected chi connectivity index (χ4v) is 3.64. The molecule has 1 aliphatic carbocycles. The maximum absolute atomic E-state index is 12.2. The number of nitrogens with one attached hydrogen (secondary N) is 1. The Labute approximate surface area is 157 Å². The molecule has 6 nitrogen and oxygen atoms in total. The van der Waals surface area contributed by atoms with Crippen molar-refractivity contribution in [1.29, 1.82) is 0 Å². The molecule has 1 fully saturated rings. The molecular formula is C20H37NO5. The number of alkyl carbamates (subject to hydrolysis) is 1. The van der Waals surface area contributed by atoms with Gasteiger partial charge in [0.25, 0.3) is 0 Å². The van der Waals surface area contributed by atoms with Gasteiger partial charge in [0.2, 0.25) is 0 Å². The van der Waals surface area contributed by atoms with Gasteiger partial charge in [0.05, 0.1) is 18.1 Å². The lowest BCUT2D eigenvalue weighted by Crippen LogP contribution is -2.47. The van der Waals surface area contributed by atoms with E-state index >= 15 is 0 Å². The summed E-state index contributed by atoms with van der Waals surface area (Å²) < 4.78 is 5.33. The van der Waals surface area contributed by atoms with Crippen molar-refractivity contribution in [3.63, 3.8) is 0 Å². The molecule has 0 bridgehead atoms. The van der Waals surface area contributed by atoms with Gasteiger partial charge in [-0.1, -0.05) is 46.0 Å². The summed E-state index contributed by atoms with van der Waals surface area (Å²) in [5.41, 5.74) is -0.619. The van der Waals surface area contributed by atoms with Gasteiger partial charge < -0.3 is 20.3 Å². The molecule has 26 heavy (non-hydrogen) atoms. The standard InChI is InChI=1S/C20H37NO5/c1-13(2)15(18(23)24)12-17(22)16(11-14-9-7-6-8-10-14)21-19(25)26-20(3,4)5/h13-17,22H,6-12H2,1-5H3,(H,21,25)(H,23,24)/t15-,16-,17-/m0/s1. The monoisotopic (exact) mass is 371 g/mol. The Morgan fingerprint density at radius 2 is 1.73 bits per heavy atom. The summed E-state index contributed by atoms with van der Waals surface area (Å²) in [5.74, 6) is -1.19. The number of aliphatic hydroxyl groups is 1. The molecule has 1 amide bonds. The number of rotatable bonds is 8. The number of carboxylic acids is 1. The number of carbonyl (C=O) groups excluding carboxylic acids is 1. The number of ether oxygens (including phenoxy) is 1. The summed E-state index contributed by atoms with van der Waals surface area (Å²) in [5, 5.41) is 22.9. The fourth-order valence-electron chi connectivity index (χ4n) is 3.64. The highest BCUT2D eigenvalue weighted by atomic mass is 16.6. The minimum atomic E-state index is -0.910. The molecule has 0 aromatic heterocycles. The highest BCUT2D eigenvalue weighted by Crippen LogP contribution is 2.29. The van der Waals surface area contributed by atoms with Gasteiger partial charge in [-0.15, -0.1) is 0 Å². The van der Waals surface area contributed by atoms with Crippen LogP contribution in [0.4, 0.5) is 4.79 Å². The van der Waals surface area contributed by atoms with E-state index in [1.54, 1.807) is 20.8 Å². The van der Waals surface area contributed by atoms with Gasteiger partial charge in [-0.2, -0.15) is 0 Å². The van der Waals surface area contributed by atoms with Crippen LogP contribution in [0.3, 0.4) is 0 Å². The van der Waals surface area contributed by atoms with Crippen LogP contribution in [0.5, 0.6) is 0 Å². The first kappa shape index (κ1) is 22.7. The number of carboxylic acid groups (broad SMARTS) is 1. The lowest BCUT2D eigenvalue weighted by Gasteiger charge is -2.32. The van der Waals surface area contributed by atoms with Crippen LogP contribution < -0.4 is 5.32 Å². The molecule has 1 saturated carbocycles. The molecule has 3 atom stereocenters. The van der Waals surface area contributed by atoms with Gasteiger partial charge in [-0.05, 0) is 45.4 Å². The average Bonchev–Trinajstić information content (AvgIpc) is 2.50. The molecule has 0 aromatic carbocycles. The van der Waals surface area contributed by atoms with E-state index in [1.165, 1.54) is 19.3 Å². The van der Waals surface area contributed by atoms with Crippen molar-refractivity contribution in [3.05, 3.63) is 0 Å². The molecule has 6 heteroatoms. The lowest BCUT2D eigenvalue weighted by atomic mass is 9.81. The second-order valence-electron chi connectivity index (χ2n) is 8.98. The Hall–Kier alpha value is -1.30. The number of aliphatic hydroxyl groups excluding tert-OH is 1. The van der Waals surface area contributed by atoms with Gasteiger partial charge >= 0.3 is 12.1 Å². The predicted molar refractivity (Wildman–Crippen MR) is 101 cm³/mol. The first-order valence-electron chi connectivity index (χ1n) is 9.90. The smallest absolute Gasteiger partial charge is 0.407 e. The molecule has 1 aliphatic rings. The third-order valence-corrected chi connectivity index (χ3v) is 5.10. The van der Waals surface area contributed by atoms with Crippen molar-refractivity contribution >= 4 is 12.1 Å². The predicted octanol–water partition coefficient (Wildman–Crippen LogP) is 3.96. The summed E-state index contributed by atoms with van der Waals surface area (Å²) in [6.45, 7) is 9.04. The molecule has 1 rings (SSSR count). The van der Waals surface area contributed by atoms with Crippen molar-refractivity contribution in [1.82, 2.24) is 5.32 Å². The van der Waals surface area contributed by atoms with Crippen LogP contribution in [0.25, 0.3) is 0 Å². The Morgan fingerprint density at radius 1 is 1.15 bits per heavy atom. The topological polar surface area (TPSA) is 95.9 Å². The maximum atomic E-state index is 12.2. The van der Waals surface area contributed by atoms with Gasteiger partial charge in [0.15, 0.2) is 0 Å². The zero-order valence-electron chi connectivity index (χ0n) is 17.0. The van der Waals surface area contributed by atoms with E-state index in [-0.39, 0.29) is 12.3 Å². The average molecular weight is 372 g/mol. The molecule has 3 N–H and O–H groups in total. The highest BCUT2D eigenvalue weighted by Gasteiger charge is 2.32. The van der Waals surface area contributed by atoms with Gasteiger partial charge in [0.1, 0.15) is 5.60 Å². The van der Waals surface area contributed by atoms with Crippen LogP contribution in [-0.2, 0) is 9.53 Å². The fraction of sp³-hybridized carbons (Fsp3) is 0.900. The Bertz CT molecular complexity index is 452. The van der Waals surface area contributed by atoms with E-state index in [2.05, 4.69) is 5.32 Å². The van der Waals surface area contributed by atoms with E-state index < -0.39 is 35.7 Å². The van der Waals surface area contributed by atoms with Crippen molar-refractivity contribution in [2.45, 2.75) is 97.3 Å². The second kappa shape index (κ2) is 10.1. The summed E-state index contributed by atoms with van der Waals surface area (Å²) in [4.78, 5) is 23.7. The van der Waals surface area contributed by atoms with E-state index in [9.17, 15) is 19.8 Å². The molecule has 0 saturated heterocycles.